The molecule has 0 aliphatic rings. The molecule has 58 valence electrons. The number of hydrogen-bond donors (Lipinski definition) is 0. The van der Waals surface area contributed by atoms with Gasteiger partial charge in [-0.3, -0.25) is 0 Å². The highest BCUT2D eigenvalue weighted by Gasteiger charge is 2.15. The summed E-state index contributed by atoms with van der Waals surface area (Å²) in [5.41, 5.74) is 0. The van der Waals surface area contributed by atoms with Crippen molar-refractivity contribution in [3.8, 4) is 0 Å². The summed E-state index contributed by atoms with van der Waals surface area (Å²) < 4.78 is 0. The largest absolute Gasteiger partial charge is 0.387 e. The fourth-order valence-electron chi connectivity index (χ4n) is 0.465. The van der Waals surface area contributed by atoms with Gasteiger partial charge in [0.2, 0.25) is 0 Å². The lowest BCUT2D eigenvalue weighted by atomic mass is 10.6. The van der Waals surface area contributed by atoms with Gasteiger partial charge in [0.05, 0.1) is 6.20 Å². The molecule has 0 radical (unpaired) electrons. The van der Waals surface area contributed by atoms with Gasteiger partial charge in [0.15, 0.2) is 5.02 Å². The monoisotopic (exact) mass is 193 g/mol. The van der Waals surface area contributed by atoms with E-state index in [1.807, 2.05) is 0 Å². The lowest BCUT2D eigenvalue weighted by molar-refractivity contribution is -0.389. The molecule has 7 heteroatoms. The van der Waals surface area contributed by atoms with Gasteiger partial charge in [-0.2, -0.15) is 0 Å². The Labute approximate surface area is 71.1 Å². The van der Waals surface area contributed by atoms with Crippen molar-refractivity contribution in [3.05, 3.63) is 26.6 Å². The van der Waals surface area contributed by atoms with Crippen molar-refractivity contribution in [1.82, 2.24) is 9.97 Å². The first kappa shape index (κ1) is 8.16. The minimum absolute atomic E-state index is 0.126. The van der Waals surface area contributed by atoms with Crippen molar-refractivity contribution in [1.29, 1.82) is 0 Å². The van der Waals surface area contributed by atoms with E-state index in [-0.39, 0.29) is 10.3 Å². The first-order valence-corrected chi connectivity index (χ1v) is 3.19. The van der Waals surface area contributed by atoms with Crippen LogP contribution in [0.2, 0.25) is 10.3 Å². The maximum atomic E-state index is 10.1. The minimum atomic E-state index is -0.726. The Balaban J connectivity index is 3.23. The number of hydrogen-bond acceptors (Lipinski definition) is 4. The lowest BCUT2D eigenvalue weighted by Crippen LogP contribution is -1.94. The highest BCUT2D eigenvalue weighted by atomic mass is 35.5. The first-order valence-electron chi connectivity index (χ1n) is 2.43. The second-order valence-corrected chi connectivity index (χ2v) is 2.31. The lowest BCUT2D eigenvalue weighted by Gasteiger charge is -1.92. The van der Waals surface area contributed by atoms with Gasteiger partial charge in [-0.15, -0.1) is 0 Å². The molecule has 0 saturated carbocycles. The van der Waals surface area contributed by atoms with E-state index in [4.69, 9.17) is 23.2 Å². The number of halogens is 2. The molecular formula is C4HCl2N3O2. The smallest absolute Gasteiger partial charge is 0.358 e. The Kier molecular flexibility index (Phi) is 2.21. The molecule has 1 aromatic heterocycles. The van der Waals surface area contributed by atoms with Crippen LogP contribution in [0, 0.1) is 10.1 Å². The van der Waals surface area contributed by atoms with E-state index < -0.39 is 10.7 Å². The summed E-state index contributed by atoms with van der Waals surface area (Å²) in [6, 6.07) is 0. The van der Waals surface area contributed by atoms with E-state index in [9.17, 15) is 10.1 Å². The van der Waals surface area contributed by atoms with E-state index in [1.165, 1.54) is 0 Å². The average Bonchev–Trinajstić information content (AvgIpc) is 1.94. The van der Waals surface area contributed by atoms with Crippen LogP contribution in [0.5, 0.6) is 0 Å². The normalized spacial score (nSPS) is 9.64. The second kappa shape index (κ2) is 2.98. The van der Waals surface area contributed by atoms with Gasteiger partial charge in [0.25, 0.3) is 0 Å². The Morgan fingerprint density at radius 2 is 2.18 bits per heavy atom. The SMILES string of the molecule is O=[N+]([O-])c1nc(Cl)ncc1Cl. The van der Waals surface area contributed by atoms with E-state index in [1.54, 1.807) is 0 Å². The van der Waals surface area contributed by atoms with Gasteiger partial charge in [0, 0.05) is 0 Å². The van der Waals surface area contributed by atoms with Crippen LogP contribution >= 0.6 is 23.2 Å². The van der Waals surface area contributed by atoms with E-state index in [0.717, 1.165) is 6.20 Å². The van der Waals surface area contributed by atoms with Gasteiger partial charge < -0.3 is 10.1 Å². The van der Waals surface area contributed by atoms with Crippen LogP contribution in [0.15, 0.2) is 6.20 Å². The fourth-order valence-corrected chi connectivity index (χ4v) is 0.754. The number of nitrogens with zero attached hydrogens (tertiary/aromatic N) is 3. The molecule has 0 bridgehead atoms. The Morgan fingerprint density at radius 3 is 2.64 bits per heavy atom. The molecule has 0 spiro atoms. The predicted octanol–water partition coefficient (Wildman–Crippen LogP) is 1.69. The molecule has 0 N–H and O–H groups in total. The third kappa shape index (κ3) is 1.75. The molecular weight excluding hydrogens is 193 g/mol. The molecule has 0 amide bonds. The van der Waals surface area contributed by atoms with Crippen molar-refractivity contribution in [2.75, 3.05) is 0 Å². The highest BCUT2D eigenvalue weighted by molar-refractivity contribution is 6.33. The van der Waals surface area contributed by atoms with Gasteiger partial charge >= 0.3 is 11.1 Å². The Hall–Kier alpha value is -0.940. The zero-order valence-corrected chi connectivity index (χ0v) is 6.50. The third-order valence-electron chi connectivity index (χ3n) is 0.869. The van der Waals surface area contributed by atoms with E-state index in [2.05, 4.69) is 9.97 Å². The van der Waals surface area contributed by atoms with Crippen molar-refractivity contribution >= 4 is 29.0 Å². The zero-order chi connectivity index (χ0) is 8.43. The molecule has 0 saturated heterocycles. The Morgan fingerprint density at radius 1 is 1.55 bits per heavy atom. The molecule has 1 rings (SSSR count). The molecule has 0 aliphatic heterocycles. The van der Waals surface area contributed by atoms with Crippen molar-refractivity contribution in [3.63, 3.8) is 0 Å². The van der Waals surface area contributed by atoms with Crippen LogP contribution < -0.4 is 0 Å². The molecule has 0 unspecified atom stereocenters. The van der Waals surface area contributed by atoms with Crippen molar-refractivity contribution in [2.45, 2.75) is 0 Å². The molecule has 0 aromatic carbocycles. The molecule has 5 nitrogen and oxygen atoms in total. The summed E-state index contributed by atoms with van der Waals surface area (Å²) >= 11 is 10.6. The summed E-state index contributed by atoms with van der Waals surface area (Å²) in [4.78, 5) is 16.2. The van der Waals surface area contributed by atoms with Crippen LogP contribution in [0.4, 0.5) is 5.82 Å². The molecule has 0 fully saturated rings. The van der Waals surface area contributed by atoms with E-state index in [0.29, 0.717) is 0 Å². The summed E-state index contributed by atoms with van der Waals surface area (Å²) in [6.45, 7) is 0. The molecule has 0 aliphatic carbocycles. The van der Waals surface area contributed by atoms with Crippen LogP contribution in [0.25, 0.3) is 0 Å². The fraction of sp³-hybridized carbons (Fsp3) is 0. The maximum Gasteiger partial charge on any atom is 0.387 e. The van der Waals surface area contributed by atoms with Crippen molar-refractivity contribution < 1.29 is 4.92 Å². The zero-order valence-electron chi connectivity index (χ0n) is 4.99. The standard InChI is InChI=1S/C4HCl2N3O2/c5-2-1-7-4(6)8-3(2)9(10)11/h1H. The number of rotatable bonds is 1. The van der Waals surface area contributed by atoms with Crippen LogP contribution in [-0.2, 0) is 0 Å². The molecule has 11 heavy (non-hydrogen) atoms. The number of nitro groups is 1. The third-order valence-corrected chi connectivity index (χ3v) is 1.32. The molecule has 0 atom stereocenters. The summed E-state index contributed by atoms with van der Waals surface area (Å²) in [5, 5.41) is 9.83. The first-order chi connectivity index (χ1) is 5.11. The average molecular weight is 194 g/mol. The molecule has 1 heterocycles. The van der Waals surface area contributed by atoms with Gasteiger partial charge in [0.1, 0.15) is 0 Å². The maximum absolute atomic E-state index is 10.1. The van der Waals surface area contributed by atoms with Gasteiger partial charge in [-0.25, -0.2) is 4.98 Å². The second-order valence-electron chi connectivity index (χ2n) is 1.57. The number of aromatic nitrogens is 2. The predicted molar refractivity (Wildman–Crippen MR) is 38.7 cm³/mol. The summed E-state index contributed by atoms with van der Waals surface area (Å²) in [5.74, 6) is -0.480. The van der Waals surface area contributed by atoms with Gasteiger partial charge in [-0.1, -0.05) is 11.6 Å². The van der Waals surface area contributed by atoms with Crippen LogP contribution in [0.3, 0.4) is 0 Å². The van der Waals surface area contributed by atoms with Crippen LogP contribution in [0.1, 0.15) is 0 Å². The van der Waals surface area contributed by atoms with Crippen LogP contribution in [-0.4, -0.2) is 14.9 Å². The topological polar surface area (TPSA) is 68.9 Å². The quantitative estimate of drug-likeness (QED) is 0.387. The highest BCUT2D eigenvalue weighted by Crippen LogP contribution is 2.20. The Bertz CT molecular complexity index is 303. The summed E-state index contributed by atoms with van der Waals surface area (Å²) in [6.07, 6.45) is 1.08. The summed E-state index contributed by atoms with van der Waals surface area (Å²) in [7, 11) is 0. The van der Waals surface area contributed by atoms with Crippen molar-refractivity contribution in [2.24, 2.45) is 0 Å². The van der Waals surface area contributed by atoms with E-state index >= 15 is 0 Å². The molecule has 1 aromatic rings. The van der Waals surface area contributed by atoms with Gasteiger partial charge in [-0.05, 0) is 21.5 Å². The minimum Gasteiger partial charge on any atom is -0.358 e.